The number of carbonyl (C=O) groups excluding carboxylic acids is 2. The van der Waals surface area contributed by atoms with Crippen LogP contribution in [0.5, 0.6) is 0 Å². The van der Waals surface area contributed by atoms with Crippen LogP contribution in [0.2, 0.25) is 0 Å². The van der Waals surface area contributed by atoms with E-state index in [0.29, 0.717) is 0 Å². The fourth-order valence-corrected chi connectivity index (χ4v) is 6.97. The lowest BCUT2D eigenvalue weighted by Crippen LogP contribution is -2.50. The van der Waals surface area contributed by atoms with Gasteiger partial charge in [0.1, 0.15) is 0 Å². The van der Waals surface area contributed by atoms with Gasteiger partial charge >= 0.3 is 5.97 Å². The third-order valence-corrected chi connectivity index (χ3v) is 8.24. The van der Waals surface area contributed by atoms with Crippen LogP contribution in [0, 0.1) is 11.8 Å². The minimum absolute atomic E-state index is 0.0613. The Balaban J connectivity index is 1.62. The maximum absolute atomic E-state index is 13.8. The Morgan fingerprint density at radius 2 is 1.39 bits per heavy atom. The predicted molar refractivity (Wildman–Crippen MR) is 117 cm³/mol. The van der Waals surface area contributed by atoms with Gasteiger partial charge in [0.2, 0.25) is 11.8 Å². The maximum atomic E-state index is 13.8. The van der Waals surface area contributed by atoms with Crippen molar-refractivity contribution in [2.75, 3.05) is 4.90 Å². The molecule has 5 nitrogen and oxygen atoms in total. The number of halogens is 1. The Bertz CT molecular complexity index is 1270. The van der Waals surface area contributed by atoms with Gasteiger partial charge in [-0.3, -0.25) is 9.59 Å². The average molecular weight is 474 g/mol. The molecule has 3 aliphatic carbocycles. The number of amides is 2. The smallest absolute Gasteiger partial charge is 0.337 e. The van der Waals surface area contributed by atoms with Crippen LogP contribution in [-0.4, -0.2) is 22.9 Å². The largest absolute Gasteiger partial charge is 0.478 e. The SMILES string of the molecule is O=C(O)c1ccccc1N1C(=O)[C@H]2C3c4ccccc4C(Br)(c4ccccc43)[C@H]2C1=O. The molecule has 7 rings (SSSR count). The van der Waals surface area contributed by atoms with E-state index >= 15 is 0 Å². The van der Waals surface area contributed by atoms with Crippen molar-refractivity contribution in [3.63, 3.8) is 0 Å². The highest BCUT2D eigenvalue weighted by atomic mass is 79.9. The molecular formula is C25H16BrNO4. The Kier molecular flexibility index (Phi) is 3.67. The molecule has 0 spiro atoms. The topological polar surface area (TPSA) is 74.7 Å². The lowest BCUT2D eigenvalue weighted by atomic mass is 9.55. The second kappa shape index (κ2) is 6.14. The molecule has 2 bridgehead atoms. The standard InChI is InChI=1S/C25H16BrNO4/c26-25-16-10-4-1-7-13(16)19(14-8-2-5-11-17(14)25)20-21(25)23(29)27(22(20)28)18-12-6-3-9-15(18)24(30)31/h1-12,19-21H,(H,30,31)/t19?,20-,21+,25?/m0/s1. The Labute approximate surface area is 186 Å². The van der Waals surface area contributed by atoms with Crippen LogP contribution in [0.1, 0.15) is 38.5 Å². The summed E-state index contributed by atoms with van der Waals surface area (Å²) in [5.41, 5.74) is 4.13. The summed E-state index contributed by atoms with van der Waals surface area (Å²) in [5.74, 6) is -3.39. The van der Waals surface area contributed by atoms with Crippen LogP contribution in [0.15, 0.2) is 72.8 Å². The second-order valence-electron chi connectivity index (χ2n) is 8.20. The molecule has 0 unspecified atom stereocenters. The van der Waals surface area contributed by atoms with Gasteiger partial charge in [-0.25, -0.2) is 9.69 Å². The van der Waals surface area contributed by atoms with Crippen molar-refractivity contribution < 1.29 is 19.5 Å². The van der Waals surface area contributed by atoms with E-state index in [-0.39, 0.29) is 29.0 Å². The van der Waals surface area contributed by atoms with E-state index in [1.54, 1.807) is 12.1 Å². The summed E-state index contributed by atoms with van der Waals surface area (Å²) in [6.07, 6.45) is 0. The fraction of sp³-hybridized carbons (Fsp3) is 0.160. The normalized spacial score (nSPS) is 27.6. The van der Waals surface area contributed by atoms with Gasteiger partial charge in [-0.2, -0.15) is 0 Å². The Hall–Kier alpha value is -3.25. The quantitative estimate of drug-likeness (QED) is 0.445. The molecule has 6 heteroatoms. The van der Waals surface area contributed by atoms with Crippen molar-refractivity contribution in [2.24, 2.45) is 11.8 Å². The first-order valence-electron chi connectivity index (χ1n) is 10.0. The van der Waals surface area contributed by atoms with Crippen molar-refractivity contribution in [3.05, 3.63) is 101 Å². The number of nitrogens with zero attached hydrogens (tertiary/aromatic N) is 1. The Morgan fingerprint density at radius 1 is 0.839 bits per heavy atom. The molecule has 3 aromatic rings. The molecule has 1 aliphatic heterocycles. The van der Waals surface area contributed by atoms with Crippen molar-refractivity contribution in [3.8, 4) is 0 Å². The summed E-state index contributed by atoms with van der Waals surface area (Å²) in [4.78, 5) is 40.5. The van der Waals surface area contributed by atoms with Crippen molar-refractivity contribution in [1.82, 2.24) is 0 Å². The van der Waals surface area contributed by atoms with Crippen LogP contribution in [0.4, 0.5) is 5.69 Å². The zero-order chi connectivity index (χ0) is 21.5. The van der Waals surface area contributed by atoms with E-state index in [9.17, 15) is 19.5 Å². The number of carbonyl (C=O) groups is 3. The van der Waals surface area contributed by atoms with Gasteiger partial charge in [0.25, 0.3) is 0 Å². The summed E-state index contributed by atoms with van der Waals surface area (Å²) >= 11 is 3.94. The predicted octanol–water partition coefficient (Wildman–Crippen LogP) is 4.29. The summed E-state index contributed by atoms with van der Waals surface area (Å²) in [5, 5.41) is 9.65. The first kappa shape index (κ1) is 18.5. The molecule has 2 atom stereocenters. The van der Waals surface area contributed by atoms with Gasteiger partial charge in [0.05, 0.1) is 27.4 Å². The number of hydrogen-bond donors (Lipinski definition) is 1. The van der Waals surface area contributed by atoms with Crippen LogP contribution in [-0.2, 0) is 13.9 Å². The van der Waals surface area contributed by atoms with Crippen molar-refractivity contribution in [1.29, 1.82) is 0 Å². The summed E-state index contributed by atoms with van der Waals surface area (Å²) in [7, 11) is 0. The fourth-order valence-electron chi connectivity index (χ4n) is 5.77. The van der Waals surface area contributed by atoms with Gasteiger partial charge in [0, 0.05) is 5.92 Å². The highest BCUT2D eigenvalue weighted by Gasteiger charge is 2.67. The number of benzene rings is 3. The van der Waals surface area contributed by atoms with E-state index in [1.807, 2.05) is 48.5 Å². The second-order valence-corrected chi connectivity index (χ2v) is 9.45. The number of aromatic carboxylic acids is 1. The number of alkyl halides is 1. The molecule has 152 valence electrons. The minimum atomic E-state index is -1.17. The summed E-state index contributed by atoms with van der Waals surface area (Å²) < 4.78 is -0.848. The molecular weight excluding hydrogens is 458 g/mol. The number of carboxylic acids is 1. The van der Waals surface area contributed by atoms with Crippen LogP contribution >= 0.6 is 15.9 Å². The molecule has 0 radical (unpaired) electrons. The number of rotatable bonds is 2. The third-order valence-electron chi connectivity index (χ3n) is 6.89. The summed E-state index contributed by atoms with van der Waals surface area (Å²) in [6.45, 7) is 0. The third kappa shape index (κ3) is 2.13. The molecule has 1 N–H and O–H groups in total. The minimum Gasteiger partial charge on any atom is -0.478 e. The molecule has 0 saturated carbocycles. The first-order chi connectivity index (χ1) is 15.0. The number of para-hydroxylation sites is 1. The molecule has 0 aromatic heterocycles. The monoisotopic (exact) mass is 473 g/mol. The Morgan fingerprint density at radius 3 is 2.00 bits per heavy atom. The zero-order valence-electron chi connectivity index (χ0n) is 16.2. The van der Waals surface area contributed by atoms with Gasteiger partial charge in [-0.15, -0.1) is 0 Å². The lowest BCUT2D eigenvalue weighted by Gasteiger charge is -2.51. The van der Waals surface area contributed by atoms with E-state index < -0.39 is 22.1 Å². The summed E-state index contributed by atoms with van der Waals surface area (Å²) in [6, 6.07) is 22.0. The van der Waals surface area contributed by atoms with Gasteiger partial charge in [-0.1, -0.05) is 76.6 Å². The number of imide groups is 1. The molecule has 1 saturated heterocycles. The molecule has 1 fully saturated rings. The molecule has 1 heterocycles. The van der Waals surface area contributed by atoms with Crippen molar-refractivity contribution in [2.45, 2.75) is 10.2 Å². The molecule has 3 aromatic carbocycles. The number of carboxylic acid groups (broad SMARTS) is 1. The molecule has 31 heavy (non-hydrogen) atoms. The van der Waals surface area contributed by atoms with Crippen LogP contribution < -0.4 is 4.90 Å². The van der Waals surface area contributed by atoms with E-state index in [4.69, 9.17) is 0 Å². The number of hydrogen-bond acceptors (Lipinski definition) is 3. The van der Waals surface area contributed by atoms with Gasteiger partial charge < -0.3 is 5.11 Å². The maximum Gasteiger partial charge on any atom is 0.337 e. The van der Waals surface area contributed by atoms with Gasteiger partial charge in [0.15, 0.2) is 0 Å². The van der Waals surface area contributed by atoms with Crippen LogP contribution in [0.3, 0.4) is 0 Å². The molecule has 4 aliphatic rings. The highest BCUT2D eigenvalue weighted by Crippen LogP contribution is 2.66. The molecule has 2 amide bonds. The van der Waals surface area contributed by atoms with Gasteiger partial charge in [-0.05, 0) is 34.4 Å². The lowest BCUT2D eigenvalue weighted by molar-refractivity contribution is -0.122. The average Bonchev–Trinajstić information content (AvgIpc) is 3.05. The number of anilines is 1. The van der Waals surface area contributed by atoms with E-state index in [0.717, 1.165) is 27.2 Å². The van der Waals surface area contributed by atoms with Crippen molar-refractivity contribution >= 4 is 39.4 Å². The van der Waals surface area contributed by atoms with E-state index in [1.165, 1.54) is 12.1 Å². The zero-order valence-corrected chi connectivity index (χ0v) is 17.7. The van der Waals surface area contributed by atoms with Crippen LogP contribution in [0.25, 0.3) is 0 Å². The van der Waals surface area contributed by atoms with E-state index in [2.05, 4.69) is 15.9 Å². The first-order valence-corrected chi connectivity index (χ1v) is 10.8. The highest BCUT2D eigenvalue weighted by molar-refractivity contribution is 9.09.